The molecular weight excluding hydrogens is 152 g/mol. The Morgan fingerprint density at radius 1 is 1.42 bits per heavy atom. The van der Waals surface area contributed by atoms with Gasteiger partial charge in [0.15, 0.2) is 5.78 Å². The predicted octanol–water partition coefficient (Wildman–Crippen LogP) is 2.54. The maximum Gasteiger partial charge on any atom is 0.166 e. The summed E-state index contributed by atoms with van der Waals surface area (Å²) in [5.41, 5.74) is 1.40. The van der Waals surface area contributed by atoms with Gasteiger partial charge in [-0.1, -0.05) is 12.2 Å². The van der Waals surface area contributed by atoms with Gasteiger partial charge in [-0.05, 0) is 13.3 Å². The molecule has 0 aromatic heterocycles. The van der Waals surface area contributed by atoms with Crippen LogP contribution < -0.4 is 0 Å². The molecule has 0 fully saturated rings. The van der Waals surface area contributed by atoms with Gasteiger partial charge in [0.25, 0.3) is 0 Å². The topological polar surface area (TPSA) is 37.3 Å². The second kappa shape index (κ2) is 4.54. The van der Waals surface area contributed by atoms with Crippen molar-refractivity contribution in [2.45, 2.75) is 19.8 Å². The van der Waals surface area contributed by atoms with Gasteiger partial charge in [-0.25, -0.2) is 0 Å². The summed E-state index contributed by atoms with van der Waals surface area (Å²) in [5, 5.41) is 8.92. The number of hydrogen-bond acceptors (Lipinski definition) is 2. The molecular formula is C10H14O2. The monoisotopic (exact) mass is 166 g/mol. The summed E-state index contributed by atoms with van der Waals surface area (Å²) in [6, 6.07) is 0. The van der Waals surface area contributed by atoms with Crippen molar-refractivity contribution in [1.29, 1.82) is 0 Å². The molecule has 0 unspecified atom stereocenters. The van der Waals surface area contributed by atoms with E-state index in [2.05, 4.69) is 19.7 Å². The lowest BCUT2D eigenvalue weighted by Crippen LogP contribution is -1.97. The van der Waals surface area contributed by atoms with Crippen LogP contribution >= 0.6 is 0 Å². The molecule has 66 valence electrons. The lowest BCUT2D eigenvalue weighted by Gasteiger charge is -1.96. The summed E-state index contributed by atoms with van der Waals surface area (Å²) in [6.45, 7) is 11.2. The average molecular weight is 166 g/mol. The van der Waals surface area contributed by atoms with Gasteiger partial charge in [-0.2, -0.15) is 0 Å². The predicted molar refractivity (Wildman–Crippen MR) is 50.0 cm³/mol. The molecule has 1 aliphatic carbocycles. The lowest BCUT2D eigenvalue weighted by atomic mass is 10.1. The van der Waals surface area contributed by atoms with Crippen molar-refractivity contribution in [1.82, 2.24) is 0 Å². The molecule has 0 aromatic rings. The number of rotatable bonds is 1. The molecule has 1 rings (SSSR count). The zero-order chi connectivity index (χ0) is 9.72. The fourth-order valence-corrected chi connectivity index (χ4v) is 1.20. The van der Waals surface area contributed by atoms with Crippen molar-refractivity contribution in [3.05, 3.63) is 36.6 Å². The molecule has 0 radical (unpaired) electrons. The first kappa shape index (κ1) is 10.7. The highest BCUT2D eigenvalue weighted by atomic mass is 16.3. The Bertz CT molecular complexity index is 236. The molecule has 0 amide bonds. The van der Waals surface area contributed by atoms with E-state index in [0.29, 0.717) is 12.0 Å². The molecule has 2 nitrogen and oxygen atoms in total. The van der Waals surface area contributed by atoms with Gasteiger partial charge >= 0.3 is 0 Å². The summed E-state index contributed by atoms with van der Waals surface area (Å²) < 4.78 is 0. The first-order chi connectivity index (χ1) is 5.63. The summed E-state index contributed by atoms with van der Waals surface area (Å²) in [4.78, 5) is 10.9. The molecule has 0 saturated carbocycles. The Morgan fingerprint density at radius 2 is 1.92 bits per heavy atom. The van der Waals surface area contributed by atoms with Crippen LogP contribution in [-0.2, 0) is 4.79 Å². The number of allylic oxidation sites excluding steroid dienone is 2. The molecule has 2 heteroatoms. The SMILES string of the molecule is C=C.C=C(O)C1=C(C)CCC1=O. The third kappa shape index (κ3) is 2.09. The first-order valence-electron chi connectivity index (χ1n) is 3.74. The quantitative estimate of drug-likeness (QED) is 0.480. The minimum absolute atomic E-state index is 0.0185. The molecule has 1 aliphatic rings. The molecule has 0 aliphatic heterocycles. The minimum Gasteiger partial charge on any atom is -0.508 e. The van der Waals surface area contributed by atoms with Gasteiger partial charge in [0.05, 0.1) is 5.57 Å². The highest BCUT2D eigenvalue weighted by molar-refractivity contribution is 6.01. The van der Waals surface area contributed by atoms with E-state index in [1.165, 1.54) is 0 Å². The second-order valence-corrected chi connectivity index (χ2v) is 2.53. The van der Waals surface area contributed by atoms with Gasteiger partial charge < -0.3 is 5.11 Å². The van der Waals surface area contributed by atoms with Crippen LogP contribution in [0.3, 0.4) is 0 Å². The van der Waals surface area contributed by atoms with E-state index in [1.807, 2.05) is 6.92 Å². The van der Waals surface area contributed by atoms with Crippen molar-refractivity contribution in [2.75, 3.05) is 0 Å². The lowest BCUT2D eigenvalue weighted by molar-refractivity contribution is -0.114. The van der Waals surface area contributed by atoms with Crippen LogP contribution in [0.25, 0.3) is 0 Å². The minimum atomic E-state index is -0.0833. The van der Waals surface area contributed by atoms with Crippen LogP contribution in [0.5, 0.6) is 0 Å². The maximum atomic E-state index is 10.9. The number of aliphatic hydroxyl groups is 1. The number of carbonyl (C=O) groups excluding carboxylic acids is 1. The number of hydrogen-bond donors (Lipinski definition) is 1. The molecule has 0 bridgehead atoms. The molecule has 0 atom stereocenters. The van der Waals surface area contributed by atoms with Crippen LogP contribution in [0.4, 0.5) is 0 Å². The molecule has 0 aromatic carbocycles. The third-order valence-electron chi connectivity index (χ3n) is 1.72. The van der Waals surface area contributed by atoms with Crippen molar-refractivity contribution < 1.29 is 9.90 Å². The Morgan fingerprint density at radius 3 is 2.08 bits per heavy atom. The van der Waals surface area contributed by atoms with E-state index in [0.717, 1.165) is 12.0 Å². The van der Waals surface area contributed by atoms with Gasteiger partial charge in [0, 0.05) is 6.42 Å². The maximum absolute atomic E-state index is 10.9. The standard InChI is InChI=1S/C8H10O2.C2H4/c1-5-3-4-7(10)8(5)6(2)9;1-2/h9H,2-4H2,1H3;1-2H2. The number of carbonyl (C=O) groups is 1. The van der Waals surface area contributed by atoms with Crippen molar-refractivity contribution >= 4 is 5.78 Å². The summed E-state index contributed by atoms with van der Waals surface area (Å²) in [7, 11) is 0. The first-order valence-corrected chi connectivity index (χ1v) is 3.74. The molecule has 0 heterocycles. The van der Waals surface area contributed by atoms with E-state index in [9.17, 15) is 4.79 Å². The van der Waals surface area contributed by atoms with Gasteiger partial charge in [0.2, 0.25) is 0 Å². The van der Waals surface area contributed by atoms with E-state index in [4.69, 9.17) is 5.11 Å². The van der Waals surface area contributed by atoms with Crippen LogP contribution in [-0.4, -0.2) is 10.9 Å². The largest absolute Gasteiger partial charge is 0.508 e. The molecule has 0 spiro atoms. The zero-order valence-corrected chi connectivity index (χ0v) is 7.39. The fraction of sp³-hybridized carbons (Fsp3) is 0.300. The summed E-state index contributed by atoms with van der Waals surface area (Å²) in [5.74, 6) is -0.0648. The van der Waals surface area contributed by atoms with Crippen LogP contribution in [0.15, 0.2) is 36.6 Å². The Labute approximate surface area is 72.9 Å². The van der Waals surface area contributed by atoms with E-state index >= 15 is 0 Å². The van der Waals surface area contributed by atoms with Gasteiger partial charge in [-0.3, -0.25) is 4.79 Å². The number of Topliss-reactive ketones (excluding diaryl/α,β-unsaturated/α-hetero) is 1. The fourth-order valence-electron chi connectivity index (χ4n) is 1.20. The molecule has 0 saturated heterocycles. The Balaban J connectivity index is 0.000000561. The van der Waals surface area contributed by atoms with Crippen LogP contribution in [0, 0.1) is 0 Å². The Hall–Kier alpha value is -1.31. The number of ketones is 1. The van der Waals surface area contributed by atoms with Crippen molar-refractivity contribution in [3.63, 3.8) is 0 Å². The molecule has 1 N–H and O–H groups in total. The van der Waals surface area contributed by atoms with Gasteiger partial charge in [0.1, 0.15) is 5.76 Å². The molecule has 12 heavy (non-hydrogen) atoms. The highest BCUT2D eigenvalue weighted by Crippen LogP contribution is 2.25. The van der Waals surface area contributed by atoms with E-state index < -0.39 is 0 Å². The Kier molecular flexibility index (Phi) is 4.05. The summed E-state index contributed by atoms with van der Waals surface area (Å²) in [6.07, 6.45) is 1.30. The number of aliphatic hydroxyl groups excluding tert-OH is 1. The second-order valence-electron chi connectivity index (χ2n) is 2.53. The zero-order valence-electron chi connectivity index (χ0n) is 7.39. The van der Waals surface area contributed by atoms with Crippen molar-refractivity contribution in [2.24, 2.45) is 0 Å². The third-order valence-corrected chi connectivity index (χ3v) is 1.72. The highest BCUT2D eigenvalue weighted by Gasteiger charge is 2.21. The van der Waals surface area contributed by atoms with E-state index in [-0.39, 0.29) is 11.5 Å². The normalized spacial score (nSPS) is 15.6. The van der Waals surface area contributed by atoms with E-state index in [1.54, 1.807) is 0 Å². The average Bonchev–Trinajstić information content (AvgIpc) is 2.35. The van der Waals surface area contributed by atoms with Crippen LogP contribution in [0.1, 0.15) is 19.8 Å². The smallest absolute Gasteiger partial charge is 0.166 e. The van der Waals surface area contributed by atoms with Crippen molar-refractivity contribution in [3.8, 4) is 0 Å². The van der Waals surface area contributed by atoms with Crippen LogP contribution in [0.2, 0.25) is 0 Å². The van der Waals surface area contributed by atoms with Gasteiger partial charge in [-0.15, -0.1) is 13.2 Å². The summed E-state index contributed by atoms with van der Waals surface area (Å²) >= 11 is 0.